The van der Waals surface area contributed by atoms with Crippen LogP contribution in [-0.4, -0.2) is 26.4 Å². The third-order valence-corrected chi connectivity index (χ3v) is 5.73. The summed E-state index contributed by atoms with van der Waals surface area (Å²) in [4.78, 5) is 12.4. The van der Waals surface area contributed by atoms with Gasteiger partial charge in [0.05, 0.1) is 5.75 Å². The number of hydrogen-bond donors (Lipinski definition) is 1. The van der Waals surface area contributed by atoms with Gasteiger partial charge in [0.2, 0.25) is 5.91 Å². The SMILES string of the molecule is CCc1ccc(NC(=O)CSc2nnc(C(C)Oc3ccc(F)cc3)n2CC(C)C)cc1. The molecule has 1 amide bonds. The van der Waals surface area contributed by atoms with Crippen LogP contribution in [0.2, 0.25) is 0 Å². The predicted molar refractivity (Wildman–Crippen MR) is 125 cm³/mol. The Hall–Kier alpha value is -2.87. The molecule has 0 bridgehead atoms. The van der Waals surface area contributed by atoms with Gasteiger partial charge in [-0.05, 0) is 61.2 Å². The van der Waals surface area contributed by atoms with Crippen LogP contribution >= 0.6 is 11.8 Å². The molecule has 2 aromatic carbocycles. The molecule has 3 aromatic rings. The fraction of sp³-hybridized carbons (Fsp3) is 0.375. The first-order valence-corrected chi connectivity index (χ1v) is 11.7. The average Bonchev–Trinajstić information content (AvgIpc) is 3.16. The average molecular weight is 457 g/mol. The molecule has 0 aliphatic carbocycles. The highest BCUT2D eigenvalue weighted by Gasteiger charge is 2.21. The summed E-state index contributed by atoms with van der Waals surface area (Å²) in [6.07, 6.45) is 0.577. The summed E-state index contributed by atoms with van der Waals surface area (Å²) >= 11 is 1.34. The van der Waals surface area contributed by atoms with Gasteiger partial charge in [0.1, 0.15) is 11.6 Å². The van der Waals surface area contributed by atoms with E-state index in [1.807, 2.05) is 35.8 Å². The lowest BCUT2D eigenvalue weighted by Gasteiger charge is -2.17. The topological polar surface area (TPSA) is 69.0 Å². The Bertz CT molecular complexity index is 1020. The molecule has 3 rings (SSSR count). The van der Waals surface area contributed by atoms with Gasteiger partial charge in [-0.25, -0.2) is 4.39 Å². The van der Waals surface area contributed by atoms with Gasteiger partial charge in [0.15, 0.2) is 17.1 Å². The molecule has 1 N–H and O–H groups in total. The highest BCUT2D eigenvalue weighted by atomic mass is 32.2. The van der Waals surface area contributed by atoms with Crippen molar-refractivity contribution in [3.05, 3.63) is 65.7 Å². The van der Waals surface area contributed by atoms with Crippen LogP contribution in [0.3, 0.4) is 0 Å². The molecular weight excluding hydrogens is 427 g/mol. The zero-order valence-electron chi connectivity index (χ0n) is 18.8. The maximum Gasteiger partial charge on any atom is 0.234 e. The fourth-order valence-electron chi connectivity index (χ4n) is 3.17. The third-order valence-electron chi connectivity index (χ3n) is 4.76. The van der Waals surface area contributed by atoms with E-state index in [1.54, 1.807) is 12.1 Å². The molecule has 8 heteroatoms. The second-order valence-electron chi connectivity index (χ2n) is 7.95. The largest absolute Gasteiger partial charge is 0.483 e. The monoisotopic (exact) mass is 456 g/mol. The summed E-state index contributed by atoms with van der Waals surface area (Å²) in [5, 5.41) is 12.2. The van der Waals surface area contributed by atoms with Crippen molar-refractivity contribution in [1.29, 1.82) is 0 Å². The minimum atomic E-state index is -0.382. The lowest BCUT2D eigenvalue weighted by molar-refractivity contribution is -0.113. The Morgan fingerprint density at radius 1 is 1.09 bits per heavy atom. The molecule has 0 spiro atoms. The van der Waals surface area contributed by atoms with Gasteiger partial charge < -0.3 is 14.6 Å². The van der Waals surface area contributed by atoms with Gasteiger partial charge in [-0.1, -0.05) is 44.7 Å². The van der Waals surface area contributed by atoms with Crippen molar-refractivity contribution in [3.8, 4) is 5.75 Å². The van der Waals surface area contributed by atoms with Gasteiger partial charge in [-0.2, -0.15) is 0 Å². The minimum Gasteiger partial charge on any atom is -0.483 e. The van der Waals surface area contributed by atoms with Crippen molar-refractivity contribution in [2.45, 2.75) is 51.9 Å². The molecule has 0 aliphatic rings. The van der Waals surface area contributed by atoms with E-state index < -0.39 is 0 Å². The standard InChI is InChI=1S/C24H29FN4O2S/c1-5-18-6-10-20(11-7-18)26-22(30)15-32-24-28-27-23(29(24)14-16(2)3)17(4)31-21-12-8-19(25)9-13-21/h6-13,16-17H,5,14-15H2,1-4H3,(H,26,30). The zero-order chi connectivity index (χ0) is 23.1. The number of thioether (sulfide) groups is 1. The second kappa shape index (κ2) is 11.1. The number of halogens is 1. The molecule has 1 heterocycles. The molecule has 1 unspecified atom stereocenters. The van der Waals surface area contributed by atoms with Crippen LogP contribution in [-0.2, 0) is 17.8 Å². The van der Waals surface area contributed by atoms with Crippen LogP contribution in [0.25, 0.3) is 0 Å². The lowest BCUT2D eigenvalue weighted by atomic mass is 10.1. The normalized spacial score (nSPS) is 12.1. The molecule has 32 heavy (non-hydrogen) atoms. The van der Waals surface area contributed by atoms with E-state index in [2.05, 4.69) is 36.3 Å². The van der Waals surface area contributed by atoms with E-state index in [0.29, 0.717) is 29.2 Å². The van der Waals surface area contributed by atoms with Gasteiger partial charge in [-0.15, -0.1) is 10.2 Å². The van der Waals surface area contributed by atoms with Crippen molar-refractivity contribution in [3.63, 3.8) is 0 Å². The van der Waals surface area contributed by atoms with Crippen LogP contribution in [0.4, 0.5) is 10.1 Å². The number of ether oxygens (including phenoxy) is 1. The fourth-order valence-corrected chi connectivity index (χ4v) is 3.92. The van der Waals surface area contributed by atoms with Crippen LogP contribution in [0, 0.1) is 11.7 Å². The molecular formula is C24H29FN4O2S. The Kier molecular flexibility index (Phi) is 8.27. The maximum absolute atomic E-state index is 13.2. The van der Waals surface area contributed by atoms with Crippen molar-refractivity contribution >= 4 is 23.4 Å². The molecule has 0 fully saturated rings. The number of hydrogen-bond acceptors (Lipinski definition) is 5. The highest BCUT2D eigenvalue weighted by molar-refractivity contribution is 7.99. The van der Waals surface area contributed by atoms with Gasteiger partial charge in [-0.3, -0.25) is 4.79 Å². The maximum atomic E-state index is 13.2. The number of amides is 1. The first-order chi connectivity index (χ1) is 15.4. The molecule has 0 saturated heterocycles. The van der Waals surface area contributed by atoms with Gasteiger partial charge >= 0.3 is 0 Å². The Morgan fingerprint density at radius 2 is 1.78 bits per heavy atom. The Morgan fingerprint density at radius 3 is 2.41 bits per heavy atom. The van der Waals surface area contributed by atoms with E-state index in [9.17, 15) is 9.18 Å². The molecule has 0 aliphatic heterocycles. The molecule has 1 aromatic heterocycles. The van der Waals surface area contributed by atoms with E-state index in [1.165, 1.54) is 29.5 Å². The third kappa shape index (κ3) is 6.56. The van der Waals surface area contributed by atoms with Crippen LogP contribution in [0.5, 0.6) is 5.75 Å². The summed E-state index contributed by atoms with van der Waals surface area (Å²) in [6, 6.07) is 13.7. The molecule has 0 saturated carbocycles. The number of anilines is 1. The number of rotatable bonds is 10. The molecule has 6 nitrogen and oxygen atoms in total. The first kappa shape index (κ1) is 23.8. The van der Waals surface area contributed by atoms with E-state index in [0.717, 1.165) is 12.1 Å². The predicted octanol–water partition coefficient (Wildman–Crippen LogP) is 5.51. The van der Waals surface area contributed by atoms with Crippen molar-refractivity contribution < 1.29 is 13.9 Å². The molecule has 0 radical (unpaired) electrons. The molecule has 1 atom stereocenters. The minimum absolute atomic E-state index is 0.101. The van der Waals surface area contributed by atoms with Crippen LogP contribution < -0.4 is 10.1 Å². The summed E-state index contributed by atoms with van der Waals surface area (Å²) in [5.41, 5.74) is 2.00. The quantitative estimate of drug-likeness (QED) is 0.408. The zero-order valence-corrected chi connectivity index (χ0v) is 19.7. The van der Waals surface area contributed by atoms with Crippen molar-refractivity contribution in [2.24, 2.45) is 5.92 Å². The number of aromatic nitrogens is 3. The summed E-state index contributed by atoms with van der Waals surface area (Å²) in [5.74, 6) is 1.38. The van der Waals surface area contributed by atoms with Gasteiger partial charge in [0, 0.05) is 12.2 Å². The lowest BCUT2D eigenvalue weighted by Crippen LogP contribution is -2.17. The van der Waals surface area contributed by atoms with Crippen molar-refractivity contribution in [1.82, 2.24) is 14.8 Å². The summed E-state index contributed by atoms with van der Waals surface area (Å²) in [6.45, 7) is 8.89. The number of nitrogens with one attached hydrogen (secondary N) is 1. The Balaban J connectivity index is 1.66. The van der Waals surface area contributed by atoms with E-state index >= 15 is 0 Å². The number of aryl methyl sites for hydroxylation is 1. The van der Waals surface area contributed by atoms with Gasteiger partial charge in [0.25, 0.3) is 0 Å². The molecule has 170 valence electrons. The summed E-state index contributed by atoms with van der Waals surface area (Å²) in [7, 11) is 0. The second-order valence-corrected chi connectivity index (χ2v) is 8.89. The van der Waals surface area contributed by atoms with E-state index in [4.69, 9.17) is 4.74 Å². The van der Waals surface area contributed by atoms with Crippen LogP contribution in [0.15, 0.2) is 53.7 Å². The number of benzene rings is 2. The smallest absolute Gasteiger partial charge is 0.234 e. The van der Waals surface area contributed by atoms with E-state index in [-0.39, 0.29) is 23.6 Å². The summed E-state index contributed by atoms with van der Waals surface area (Å²) < 4.78 is 21.1. The van der Waals surface area contributed by atoms with Crippen molar-refractivity contribution in [2.75, 3.05) is 11.1 Å². The number of carbonyl (C=O) groups is 1. The number of carbonyl (C=O) groups excluding carboxylic acids is 1. The Labute approximate surface area is 192 Å². The van der Waals surface area contributed by atoms with Crippen LogP contribution in [0.1, 0.15) is 45.2 Å². The first-order valence-electron chi connectivity index (χ1n) is 10.7. The number of nitrogens with zero attached hydrogens (tertiary/aromatic N) is 3. The highest BCUT2D eigenvalue weighted by Crippen LogP contribution is 2.26.